The zero-order chi connectivity index (χ0) is 21.0. The number of hydrogen-bond donors (Lipinski definition) is 2. The zero-order valence-electron chi connectivity index (χ0n) is 15.0. The smallest absolute Gasteiger partial charge is 0.346 e. The molecule has 1 atom stereocenters. The molecule has 156 valence electrons. The molecule has 2 N–H and O–H groups in total. The number of alkyl halides is 3. The van der Waals surface area contributed by atoms with E-state index >= 15 is 0 Å². The molecule has 0 radical (unpaired) electrons. The summed E-state index contributed by atoms with van der Waals surface area (Å²) in [5, 5.41) is 12.8. The third-order valence-electron chi connectivity index (χ3n) is 4.23. The first-order valence-corrected chi connectivity index (χ1v) is 9.51. The van der Waals surface area contributed by atoms with Crippen molar-refractivity contribution in [1.29, 1.82) is 0 Å². The molecule has 1 unspecified atom stereocenters. The van der Waals surface area contributed by atoms with Crippen LogP contribution < -0.4 is 10.6 Å². The fourth-order valence-corrected chi connectivity index (χ4v) is 3.68. The van der Waals surface area contributed by atoms with Crippen LogP contribution in [0.2, 0.25) is 0 Å². The number of aromatic nitrogens is 2. The minimum atomic E-state index is -4.47. The molecule has 2 heterocycles. The Morgan fingerprint density at radius 1 is 1.21 bits per heavy atom. The lowest BCUT2D eigenvalue weighted by atomic mass is 10.2. The summed E-state index contributed by atoms with van der Waals surface area (Å²) in [7, 11) is 0. The SMILES string of the molecule is O=C(Nc1ccc(F)cc1)c1nnc(CN2CCCC2C(=O)NCC(F)(F)F)s1. The van der Waals surface area contributed by atoms with Gasteiger partial charge in [0, 0.05) is 5.69 Å². The van der Waals surface area contributed by atoms with E-state index < -0.39 is 36.4 Å². The Balaban J connectivity index is 1.57. The lowest BCUT2D eigenvalue weighted by Gasteiger charge is -2.22. The van der Waals surface area contributed by atoms with Gasteiger partial charge in [-0.05, 0) is 43.7 Å². The second-order valence-corrected chi connectivity index (χ2v) is 7.49. The summed E-state index contributed by atoms with van der Waals surface area (Å²) in [6.07, 6.45) is -3.35. The Hall–Kier alpha value is -2.60. The van der Waals surface area contributed by atoms with Gasteiger partial charge in [-0.15, -0.1) is 10.2 Å². The molecule has 12 heteroatoms. The molecule has 1 aliphatic heterocycles. The monoisotopic (exact) mass is 431 g/mol. The van der Waals surface area contributed by atoms with Gasteiger partial charge >= 0.3 is 6.18 Å². The van der Waals surface area contributed by atoms with E-state index in [0.29, 0.717) is 30.1 Å². The van der Waals surface area contributed by atoms with Gasteiger partial charge in [-0.2, -0.15) is 13.2 Å². The fraction of sp³-hybridized carbons (Fsp3) is 0.412. The van der Waals surface area contributed by atoms with Gasteiger partial charge in [0.1, 0.15) is 17.4 Å². The topological polar surface area (TPSA) is 87.2 Å². The van der Waals surface area contributed by atoms with E-state index in [1.54, 1.807) is 4.90 Å². The van der Waals surface area contributed by atoms with E-state index in [2.05, 4.69) is 15.5 Å². The highest BCUT2D eigenvalue weighted by atomic mass is 32.1. The number of carbonyl (C=O) groups is 2. The van der Waals surface area contributed by atoms with E-state index in [1.165, 1.54) is 24.3 Å². The second-order valence-electron chi connectivity index (χ2n) is 6.42. The highest BCUT2D eigenvalue weighted by Gasteiger charge is 2.34. The first-order valence-electron chi connectivity index (χ1n) is 8.69. The molecule has 3 rings (SSSR count). The molecule has 29 heavy (non-hydrogen) atoms. The van der Waals surface area contributed by atoms with Crippen LogP contribution in [0.15, 0.2) is 24.3 Å². The predicted octanol–water partition coefficient (Wildman–Crippen LogP) is 2.57. The summed E-state index contributed by atoms with van der Waals surface area (Å²) in [6, 6.07) is 4.54. The highest BCUT2D eigenvalue weighted by molar-refractivity contribution is 7.13. The van der Waals surface area contributed by atoms with Gasteiger partial charge in [-0.1, -0.05) is 11.3 Å². The first kappa shape index (κ1) is 21.1. The van der Waals surface area contributed by atoms with Gasteiger partial charge in [0.2, 0.25) is 10.9 Å². The molecule has 0 bridgehead atoms. The first-order chi connectivity index (χ1) is 13.7. The van der Waals surface area contributed by atoms with Crippen LogP contribution in [-0.2, 0) is 11.3 Å². The van der Waals surface area contributed by atoms with Crippen molar-refractivity contribution in [3.63, 3.8) is 0 Å². The molecule has 1 saturated heterocycles. The van der Waals surface area contributed by atoms with Gasteiger partial charge in [0.25, 0.3) is 5.91 Å². The van der Waals surface area contributed by atoms with Crippen LogP contribution in [0.5, 0.6) is 0 Å². The lowest BCUT2D eigenvalue weighted by molar-refractivity contribution is -0.141. The molecule has 7 nitrogen and oxygen atoms in total. The Morgan fingerprint density at radius 3 is 2.62 bits per heavy atom. The minimum Gasteiger partial charge on any atom is -0.346 e. The van der Waals surface area contributed by atoms with Crippen molar-refractivity contribution >= 4 is 28.8 Å². The quantitative estimate of drug-likeness (QED) is 0.687. The van der Waals surface area contributed by atoms with Crippen LogP contribution in [0.4, 0.5) is 23.2 Å². The number of likely N-dealkylation sites (tertiary alicyclic amines) is 1. The maximum Gasteiger partial charge on any atom is 0.405 e. The molecule has 1 fully saturated rings. The molecule has 2 amide bonds. The summed E-state index contributed by atoms with van der Waals surface area (Å²) >= 11 is 1.02. The number of rotatable bonds is 6. The predicted molar refractivity (Wildman–Crippen MR) is 96.8 cm³/mol. The van der Waals surface area contributed by atoms with Crippen LogP contribution in [0.1, 0.15) is 27.7 Å². The van der Waals surface area contributed by atoms with Crippen LogP contribution in [0.25, 0.3) is 0 Å². The standard InChI is InChI=1S/C17H17F4N5O2S/c18-10-3-5-11(6-4-10)23-15(28)16-25-24-13(29-16)8-26-7-1-2-12(26)14(27)22-9-17(19,20)21/h3-6,12H,1-2,7-9H2,(H,22,27)(H,23,28). The van der Waals surface area contributed by atoms with Crippen LogP contribution in [-0.4, -0.2) is 52.2 Å². The Labute approximate surface area is 167 Å². The Kier molecular flexibility index (Phi) is 6.42. The van der Waals surface area contributed by atoms with Crippen molar-refractivity contribution in [3.8, 4) is 0 Å². The highest BCUT2D eigenvalue weighted by Crippen LogP contribution is 2.23. The molecule has 0 saturated carbocycles. The molecule has 0 aliphatic carbocycles. The van der Waals surface area contributed by atoms with Crippen LogP contribution >= 0.6 is 11.3 Å². The molecule has 1 aromatic heterocycles. The van der Waals surface area contributed by atoms with Gasteiger partial charge in [0.05, 0.1) is 12.6 Å². The van der Waals surface area contributed by atoms with Gasteiger partial charge in [0.15, 0.2) is 0 Å². The number of carbonyl (C=O) groups excluding carboxylic acids is 2. The van der Waals surface area contributed by atoms with Crippen molar-refractivity contribution in [1.82, 2.24) is 20.4 Å². The van der Waals surface area contributed by atoms with E-state index in [4.69, 9.17) is 0 Å². The fourth-order valence-electron chi connectivity index (χ4n) is 2.92. The molecular formula is C17H17F4N5O2S. The van der Waals surface area contributed by atoms with Crippen molar-refractivity contribution in [2.24, 2.45) is 0 Å². The summed E-state index contributed by atoms with van der Waals surface area (Å²) in [4.78, 5) is 26.0. The van der Waals surface area contributed by atoms with E-state index in [0.717, 1.165) is 11.3 Å². The molecule has 2 aromatic rings. The number of hydrogen-bond acceptors (Lipinski definition) is 6. The summed E-state index contributed by atoms with van der Waals surface area (Å²) in [5.74, 6) is -1.62. The van der Waals surface area contributed by atoms with Gasteiger partial charge < -0.3 is 10.6 Å². The van der Waals surface area contributed by atoms with E-state index in [1.807, 2.05) is 5.32 Å². The van der Waals surface area contributed by atoms with Crippen LogP contribution in [0, 0.1) is 5.82 Å². The minimum absolute atomic E-state index is 0.0848. The summed E-state index contributed by atoms with van der Waals surface area (Å²) in [6.45, 7) is -0.644. The number of anilines is 1. The number of benzene rings is 1. The average molecular weight is 431 g/mol. The summed E-state index contributed by atoms with van der Waals surface area (Å²) < 4.78 is 49.8. The average Bonchev–Trinajstić information content (AvgIpc) is 3.31. The van der Waals surface area contributed by atoms with Crippen molar-refractivity contribution in [2.75, 3.05) is 18.4 Å². The Morgan fingerprint density at radius 2 is 1.93 bits per heavy atom. The molecule has 0 spiro atoms. The largest absolute Gasteiger partial charge is 0.405 e. The maximum absolute atomic E-state index is 12.9. The van der Waals surface area contributed by atoms with E-state index in [9.17, 15) is 27.2 Å². The van der Waals surface area contributed by atoms with E-state index in [-0.39, 0.29) is 11.6 Å². The maximum atomic E-state index is 12.9. The van der Waals surface area contributed by atoms with Gasteiger partial charge in [-0.25, -0.2) is 4.39 Å². The zero-order valence-corrected chi connectivity index (χ0v) is 15.8. The molecule has 1 aromatic carbocycles. The molecule has 1 aliphatic rings. The number of nitrogens with zero attached hydrogens (tertiary/aromatic N) is 3. The molecular weight excluding hydrogens is 414 g/mol. The summed E-state index contributed by atoms with van der Waals surface area (Å²) in [5.41, 5.74) is 0.397. The van der Waals surface area contributed by atoms with Crippen molar-refractivity contribution < 1.29 is 27.2 Å². The number of amides is 2. The van der Waals surface area contributed by atoms with Gasteiger partial charge in [-0.3, -0.25) is 14.5 Å². The lowest BCUT2D eigenvalue weighted by Crippen LogP contribution is -2.45. The third-order valence-corrected chi connectivity index (χ3v) is 5.14. The van der Waals surface area contributed by atoms with Crippen LogP contribution in [0.3, 0.4) is 0 Å². The second kappa shape index (κ2) is 8.82. The normalized spacial score (nSPS) is 17.3. The number of nitrogens with one attached hydrogen (secondary N) is 2. The van der Waals surface area contributed by atoms with Crippen molar-refractivity contribution in [3.05, 3.63) is 40.1 Å². The Bertz CT molecular complexity index is 871. The van der Waals surface area contributed by atoms with Crippen molar-refractivity contribution in [2.45, 2.75) is 31.6 Å². The number of halogens is 4. The third kappa shape index (κ3) is 5.94.